The maximum Gasteiger partial charge on any atom is 0.273 e. The van der Waals surface area contributed by atoms with Gasteiger partial charge in [0.1, 0.15) is 5.75 Å². The number of nitro groups is 1. The molecule has 0 saturated carbocycles. The van der Waals surface area contributed by atoms with E-state index in [0.29, 0.717) is 18.8 Å². The Morgan fingerprint density at radius 1 is 1.23 bits per heavy atom. The SMILES string of the molecule is O=C(COc1cccc([N+](=O)[O-])c1)N1CCN(Cc2ccc(Cl)s2)CC1. The highest BCUT2D eigenvalue weighted by Crippen LogP contribution is 2.23. The number of carbonyl (C=O) groups is 1. The van der Waals surface area contributed by atoms with E-state index in [2.05, 4.69) is 4.90 Å². The molecule has 1 aromatic carbocycles. The number of rotatable bonds is 6. The summed E-state index contributed by atoms with van der Waals surface area (Å²) in [7, 11) is 0. The highest BCUT2D eigenvalue weighted by atomic mass is 35.5. The highest BCUT2D eigenvalue weighted by molar-refractivity contribution is 7.16. The average Bonchev–Trinajstić information content (AvgIpc) is 3.05. The van der Waals surface area contributed by atoms with Crippen molar-refractivity contribution in [2.75, 3.05) is 32.8 Å². The Bertz CT molecular complexity index is 790. The number of non-ortho nitro benzene ring substituents is 1. The van der Waals surface area contributed by atoms with E-state index in [4.69, 9.17) is 16.3 Å². The molecule has 138 valence electrons. The average molecular weight is 396 g/mol. The van der Waals surface area contributed by atoms with Gasteiger partial charge in [0.25, 0.3) is 11.6 Å². The first-order valence-corrected chi connectivity index (χ1v) is 9.32. The van der Waals surface area contributed by atoms with E-state index in [1.54, 1.807) is 22.3 Å². The van der Waals surface area contributed by atoms with E-state index < -0.39 is 4.92 Å². The summed E-state index contributed by atoms with van der Waals surface area (Å²) in [6, 6.07) is 9.76. The molecule has 0 unspecified atom stereocenters. The molecule has 7 nitrogen and oxygen atoms in total. The Hall–Kier alpha value is -2.16. The number of benzene rings is 1. The van der Waals surface area contributed by atoms with Gasteiger partial charge in [0.15, 0.2) is 6.61 Å². The minimum absolute atomic E-state index is 0.0581. The first-order valence-electron chi connectivity index (χ1n) is 8.13. The Kier molecular flexibility index (Phi) is 6.08. The Morgan fingerprint density at radius 2 is 2.00 bits per heavy atom. The fourth-order valence-electron chi connectivity index (χ4n) is 2.74. The molecule has 1 aliphatic rings. The third-order valence-corrected chi connectivity index (χ3v) is 5.34. The summed E-state index contributed by atoms with van der Waals surface area (Å²) in [4.78, 5) is 27.8. The number of amides is 1. The smallest absolute Gasteiger partial charge is 0.273 e. The first kappa shape index (κ1) is 18.6. The second-order valence-electron chi connectivity index (χ2n) is 5.91. The topological polar surface area (TPSA) is 75.9 Å². The van der Waals surface area contributed by atoms with Gasteiger partial charge in [-0.3, -0.25) is 19.8 Å². The molecule has 2 aromatic rings. The van der Waals surface area contributed by atoms with Gasteiger partial charge in [0, 0.05) is 43.7 Å². The van der Waals surface area contributed by atoms with Crippen LogP contribution in [0.2, 0.25) is 4.34 Å². The van der Waals surface area contributed by atoms with Crippen LogP contribution in [0.4, 0.5) is 5.69 Å². The lowest BCUT2D eigenvalue weighted by Gasteiger charge is -2.34. The minimum atomic E-state index is -0.491. The molecule has 0 spiro atoms. The van der Waals surface area contributed by atoms with Crippen molar-refractivity contribution < 1.29 is 14.5 Å². The van der Waals surface area contributed by atoms with Crippen LogP contribution in [0.1, 0.15) is 4.88 Å². The van der Waals surface area contributed by atoms with Gasteiger partial charge in [-0.15, -0.1) is 11.3 Å². The van der Waals surface area contributed by atoms with E-state index in [1.165, 1.54) is 23.1 Å². The van der Waals surface area contributed by atoms with E-state index in [0.717, 1.165) is 24.0 Å². The van der Waals surface area contributed by atoms with Gasteiger partial charge in [0.05, 0.1) is 15.3 Å². The summed E-state index contributed by atoms with van der Waals surface area (Å²) in [5, 5.41) is 10.8. The van der Waals surface area contributed by atoms with E-state index in [1.807, 2.05) is 12.1 Å². The van der Waals surface area contributed by atoms with Crippen LogP contribution in [0.3, 0.4) is 0 Å². The molecule has 9 heteroatoms. The number of nitrogens with zero attached hydrogens (tertiary/aromatic N) is 3. The molecular formula is C17H18ClN3O4S. The van der Waals surface area contributed by atoms with Crippen molar-refractivity contribution in [3.8, 4) is 5.75 Å². The van der Waals surface area contributed by atoms with Crippen LogP contribution in [0.5, 0.6) is 5.75 Å². The number of carbonyl (C=O) groups excluding carboxylic acids is 1. The largest absolute Gasteiger partial charge is 0.484 e. The van der Waals surface area contributed by atoms with E-state index in [9.17, 15) is 14.9 Å². The molecule has 1 saturated heterocycles. The summed E-state index contributed by atoms with van der Waals surface area (Å²) in [6.07, 6.45) is 0. The number of hydrogen-bond donors (Lipinski definition) is 0. The molecule has 1 aromatic heterocycles. The van der Waals surface area contributed by atoms with E-state index >= 15 is 0 Å². The summed E-state index contributed by atoms with van der Waals surface area (Å²) < 4.78 is 6.20. The molecule has 0 bridgehead atoms. The van der Waals surface area contributed by atoms with Crippen molar-refractivity contribution in [1.82, 2.24) is 9.80 Å². The summed E-state index contributed by atoms with van der Waals surface area (Å²) in [5.74, 6) is 0.205. The second kappa shape index (κ2) is 8.48. The van der Waals surface area contributed by atoms with Crippen LogP contribution >= 0.6 is 22.9 Å². The summed E-state index contributed by atoms with van der Waals surface area (Å²) in [6.45, 7) is 3.56. The number of hydrogen-bond acceptors (Lipinski definition) is 6. The van der Waals surface area contributed by atoms with Crippen molar-refractivity contribution >= 4 is 34.5 Å². The molecule has 2 heterocycles. The molecule has 1 fully saturated rings. The maximum atomic E-state index is 12.3. The number of piperazine rings is 1. The predicted molar refractivity (Wildman–Crippen MR) is 99.8 cm³/mol. The van der Waals surface area contributed by atoms with Gasteiger partial charge in [-0.25, -0.2) is 0 Å². The minimum Gasteiger partial charge on any atom is -0.484 e. The van der Waals surface area contributed by atoms with E-state index in [-0.39, 0.29) is 18.2 Å². The zero-order valence-electron chi connectivity index (χ0n) is 14.0. The maximum absolute atomic E-state index is 12.3. The van der Waals surface area contributed by atoms with Crippen molar-refractivity contribution in [2.24, 2.45) is 0 Å². The molecule has 3 rings (SSSR count). The number of thiophene rings is 1. The fourth-order valence-corrected chi connectivity index (χ4v) is 3.87. The number of ether oxygens (including phenoxy) is 1. The molecule has 1 amide bonds. The Morgan fingerprint density at radius 3 is 2.65 bits per heavy atom. The highest BCUT2D eigenvalue weighted by Gasteiger charge is 2.22. The molecule has 26 heavy (non-hydrogen) atoms. The van der Waals surface area contributed by atoms with Crippen molar-refractivity contribution in [3.63, 3.8) is 0 Å². The van der Waals surface area contributed by atoms with Crippen molar-refractivity contribution in [1.29, 1.82) is 0 Å². The quantitative estimate of drug-likeness (QED) is 0.555. The number of halogens is 1. The fraction of sp³-hybridized carbons (Fsp3) is 0.353. The molecule has 0 aliphatic carbocycles. The zero-order valence-corrected chi connectivity index (χ0v) is 15.5. The van der Waals surface area contributed by atoms with Gasteiger partial charge in [-0.2, -0.15) is 0 Å². The van der Waals surface area contributed by atoms with Crippen molar-refractivity contribution in [3.05, 3.63) is 55.7 Å². The third-order valence-electron chi connectivity index (χ3n) is 4.12. The molecule has 0 N–H and O–H groups in total. The molecule has 0 radical (unpaired) electrons. The normalized spacial score (nSPS) is 15.0. The lowest BCUT2D eigenvalue weighted by molar-refractivity contribution is -0.384. The van der Waals surface area contributed by atoms with Crippen molar-refractivity contribution in [2.45, 2.75) is 6.54 Å². The molecule has 1 aliphatic heterocycles. The number of nitro benzene ring substituents is 1. The summed E-state index contributed by atoms with van der Waals surface area (Å²) >= 11 is 7.52. The van der Waals surface area contributed by atoms with Gasteiger partial charge in [-0.1, -0.05) is 17.7 Å². The first-order chi connectivity index (χ1) is 12.5. The van der Waals surface area contributed by atoms with Gasteiger partial charge < -0.3 is 9.64 Å². The zero-order chi connectivity index (χ0) is 18.5. The Balaban J connectivity index is 1.45. The monoisotopic (exact) mass is 395 g/mol. The van der Waals surface area contributed by atoms with Crippen LogP contribution in [0, 0.1) is 10.1 Å². The second-order valence-corrected chi connectivity index (χ2v) is 7.71. The lowest BCUT2D eigenvalue weighted by Crippen LogP contribution is -2.49. The van der Waals surface area contributed by atoms with Crippen LogP contribution in [-0.4, -0.2) is 53.4 Å². The lowest BCUT2D eigenvalue weighted by atomic mass is 10.3. The molecular weight excluding hydrogens is 378 g/mol. The van der Waals surface area contributed by atoms with Crippen LogP contribution in [0.25, 0.3) is 0 Å². The molecule has 0 atom stereocenters. The van der Waals surface area contributed by atoms with Gasteiger partial charge in [-0.05, 0) is 18.2 Å². The predicted octanol–water partition coefficient (Wildman–Crippen LogP) is 3.03. The summed E-state index contributed by atoms with van der Waals surface area (Å²) in [5.41, 5.74) is -0.0581. The van der Waals surface area contributed by atoms with Crippen LogP contribution < -0.4 is 4.74 Å². The Labute approximate surface area is 159 Å². The third kappa shape index (κ3) is 4.94. The van der Waals surface area contributed by atoms with Gasteiger partial charge in [0.2, 0.25) is 0 Å². The van der Waals surface area contributed by atoms with Crippen LogP contribution in [-0.2, 0) is 11.3 Å². The van der Waals surface area contributed by atoms with Crippen LogP contribution in [0.15, 0.2) is 36.4 Å². The standard InChI is InChI=1S/C17H18ClN3O4S/c18-16-5-4-15(26-16)11-19-6-8-20(9-7-19)17(22)12-25-14-3-1-2-13(10-14)21(23)24/h1-5,10H,6-9,11-12H2. The van der Waals surface area contributed by atoms with Gasteiger partial charge >= 0.3 is 0 Å².